The molecule has 1 aliphatic carbocycles. The van der Waals surface area contributed by atoms with Crippen molar-refractivity contribution in [2.75, 3.05) is 0 Å². The molecule has 0 N–H and O–H groups in total. The molecule has 0 nitrogen and oxygen atoms in total. The first-order valence-electron chi connectivity index (χ1n) is 13.3. The zero-order valence-corrected chi connectivity index (χ0v) is 21.4. The molecule has 0 bridgehead atoms. The Labute approximate surface area is 220 Å². The molecule has 0 unspecified atom stereocenters. The zero-order chi connectivity index (χ0) is 27.3. The van der Waals surface area contributed by atoms with E-state index in [0.29, 0.717) is 17.6 Å². The molecule has 0 saturated heterocycles. The van der Waals surface area contributed by atoms with Gasteiger partial charge in [0.15, 0.2) is 0 Å². The molecule has 3 aromatic rings. The fraction of sp³-hybridized carbons (Fsp3) is 0.375. The number of benzene rings is 3. The van der Waals surface area contributed by atoms with Crippen LogP contribution in [0.5, 0.6) is 0 Å². The molecule has 0 amide bonds. The summed E-state index contributed by atoms with van der Waals surface area (Å²) in [6, 6.07) is 14.2. The standard InChI is InChI=1S/C32H32F6/c1-2-3-4-5-21-6-8-22(9-7-21)23-10-12-24(13-11-23)25-14-15-27(29(33)18-25)26-19-30(34)28(31(35)20-26)16-17-32(36,37)38/h10-22H,2-9H2,1H3/b17-16+. The van der Waals surface area contributed by atoms with Gasteiger partial charge in [0, 0.05) is 17.2 Å². The van der Waals surface area contributed by atoms with Crippen LogP contribution in [0.1, 0.15) is 75.3 Å². The highest BCUT2D eigenvalue weighted by Crippen LogP contribution is 2.38. The fourth-order valence-electron chi connectivity index (χ4n) is 5.42. The summed E-state index contributed by atoms with van der Waals surface area (Å²) in [4.78, 5) is 0. The van der Waals surface area contributed by atoms with Crippen LogP contribution in [0.25, 0.3) is 28.3 Å². The quantitative estimate of drug-likeness (QED) is 0.201. The Kier molecular flexibility index (Phi) is 9.01. The van der Waals surface area contributed by atoms with Crippen LogP contribution in [-0.4, -0.2) is 6.18 Å². The Morgan fingerprint density at radius 1 is 0.737 bits per heavy atom. The van der Waals surface area contributed by atoms with Gasteiger partial charge in [0.1, 0.15) is 17.5 Å². The van der Waals surface area contributed by atoms with Gasteiger partial charge in [-0.3, -0.25) is 0 Å². The minimum atomic E-state index is -4.70. The minimum Gasteiger partial charge on any atom is -0.206 e. The van der Waals surface area contributed by atoms with E-state index in [0.717, 1.165) is 23.6 Å². The highest BCUT2D eigenvalue weighted by atomic mass is 19.4. The number of rotatable bonds is 8. The van der Waals surface area contributed by atoms with Crippen molar-refractivity contribution in [3.63, 3.8) is 0 Å². The summed E-state index contributed by atoms with van der Waals surface area (Å²) in [5.41, 5.74) is 1.80. The molecule has 0 radical (unpaired) electrons. The van der Waals surface area contributed by atoms with Gasteiger partial charge < -0.3 is 0 Å². The van der Waals surface area contributed by atoms with Gasteiger partial charge in [-0.05, 0) is 84.0 Å². The molecule has 38 heavy (non-hydrogen) atoms. The molecule has 202 valence electrons. The molecule has 0 spiro atoms. The average molecular weight is 531 g/mol. The second-order valence-corrected chi connectivity index (χ2v) is 10.3. The van der Waals surface area contributed by atoms with E-state index in [-0.39, 0.29) is 17.2 Å². The molecule has 1 aliphatic rings. The van der Waals surface area contributed by atoms with Crippen LogP contribution >= 0.6 is 0 Å². The van der Waals surface area contributed by atoms with Crippen molar-refractivity contribution in [3.8, 4) is 22.3 Å². The monoisotopic (exact) mass is 530 g/mol. The average Bonchev–Trinajstić information content (AvgIpc) is 2.88. The van der Waals surface area contributed by atoms with E-state index in [4.69, 9.17) is 0 Å². The normalized spacial score (nSPS) is 18.3. The van der Waals surface area contributed by atoms with Crippen LogP contribution in [-0.2, 0) is 0 Å². The minimum absolute atomic E-state index is 0.0368. The van der Waals surface area contributed by atoms with Crippen molar-refractivity contribution in [1.29, 1.82) is 0 Å². The molecular weight excluding hydrogens is 498 g/mol. The predicted molar refractivity (Wildman–Crippen MR) is 141 cm³/mol. The van der Waals surface area contributed by atoms with E-state index >= 15 is 4.39 Å². The topological polar surface area (TPSA) is 0 Å². The lowest BCUT2D eigenvalue weighted by molar-refractivity contribution is -0.0790. The third-order valence-electron chi connectivity index (χ3n) is 7.58. The Balaban J connectivity index is 1.45. The van der Waals surface area contributed by atoms with E-state index in [1.54, 1.807) is 6.07 Å². The van der Waals surface area contributed by atoms with Gasteiger partial charge in [-0.1, -0.05) is 69.0 Å². The maximum atomic E-state index is 15.0. The second kappa shape index (κ2) is 12.2. The first-order chi connectivity index (χ1) is 18.1. The highest BCUT2D eigenvalue weighted by molar-refractivity contribution is 5.72. The summed E-state index contributed by atoms with van der Waals surface area (Å²) in [5, 5.41) is 0. The number of hydrogen-bond donors (Lipinski definition) is 0. The van der Waals surface area contributed by atoms with Crippen molar-refractivity contribution in [1.82, 2.24) is 0 Å². The largest absolute Gasteiger partial charge is 0.409 e. The van der Waals surface area contributed by atoms with E-state index in [1.165, 1.54) is 69.1 Å². The molecule has 4 rings (SSSR count). The molecule has 0 atom stereocenters. The van der Waals surface area contributed by atoms with Crippen LogP contribution in [0.4, 0.5) is 26.3 Å². The van der Waals surface area contributed by atoms with Crippen molar-refractivity contribution < 1.29 is 26.3 Å². The summed E-state index contributed by atoms with van der Waals surface area (Å²) >= 11 is 0. The summed E-state index contributed by atoms with van der Waals surface area (Å²) in [6.45, 7) is 2.23. The van der Waals surface area contributed by atoms with Gasteiger partial charge in [-0.15, -0.1) is 0 Å². The molecule has 1 fully saturated rings. The van der Waals surface area contributed by atoms with Crippen molar-refractivity contribution in [2.24, 2.45) is 5.92 Å². The molecule has 0 heterocycles. The van der Waals surface area contributed by atoms with Crippen LogP contribution in [0, 0.1) is 23.4 Å². The Morgan fingerprint density at radius 2 is 1.34 bits per heavy atom. The maximum absolute atomic E-state index is 15.0. The highest BCUT2D eigenvalue weighted by Gasteiger charge is 2.24. The van der Waals surface area contributed by atoms with Gasteiger partial charge in [0.05, 0.1) is 0 Å². The molecule has 0 aromatic heterocycles. The van der Waals surface area contributed by atoms with Gasteiger partial charge in [-0.2, -0.15) is 13.2 Å². The SMILES string of the molecule is CCCCCC1CCC(c2ccc(-c3ccc(-c4cc(F)c(/C=C/C(F)(F)F)c(F)c4)c(F)c3)cc2)CC1. The van der Waals surface area contributed by atoms with Crippen LogP contribution in [0.15, 0.2) is 60.7 Å². The zero-order valence-electron chi connectivity index (χ0n) is 21.4. The van der Waals surface area contributed by atoms with E-state index in [1.807, 2.05) is 12.1 Å². The molecule has 3 aromatic carbocycles. The summed E-state index contributed by atoms with van der Waals surface area (Å²) in [5.74, 6) is -1.69. The second-order valence-electron chi connectivity index (χ2n) is 10.3. The predicted octanol–water partition coefficient (Wildman–Crippen LogP) is 10.9. The van der Waals surface area contributed by atoms with Gasteiger partial charge in [0.25, 0.3) is 0 Å². The summed E-state index contributed by atoms with van der Waals surface area (Å²) in [7, 11) is 0. The number of unbranched alkanes of at least 4 members (excludes halogenated alkanes) is 2. The molecule has 1 saturated carbocycles. The smallest absolute Gasteiger partial charge is 0.206 e. The van der Waals surface area contributed by atoms with Crippen molar-refractivity contribution >= 4 is 6.08 Å². The first kappa shape index (κ1) is 28.0. The number of hydrogen-bond acceptors (Lipinski definition) is 0. The third kappa shape index (κ3) is 7.09. The number of alkyl halides is 3. The Hall–Kier alpha value is -3.02. The Morgan fingerprint density at radius 3 is 1.92 bits per heavy atom. The molecule has 6 heteroatoms. The molecular formula is C32H32F6. The lowest BCUT2D eigenvalue weighted by Crippen LogP contribution is -2.13. The molecule has 0 aliphatic heterocycles. The van der Waals surface area contributed by atoms with E-state index < -0.39 is 29.2 Å². The first-order valence-corrected chi connectivity index (χ1v) is 13.3. The summed E-state index contributed by atoms with van der Waals surface area (Å²) in [6.07, 6.45) is 5.53. The van der Waals surface area contributed by atoms with E-state index in [2.05, 4.69) is 19.1 Å². The third-order valence-corrected chi connectivity index (χ3v) is 7.58. The Bertz CT molecular complexity index is 1220. The van der Waals surface area contributed by atoms with Crippen molar-refractivity contribution in [3.05, 3.63) is 89.3 Å². The van der Waals surface area contributed by atoms with Crippen LogP contribution in [0.2, 0.25) is 0 Å². The van der Waals surface area contributed by atoms with Crippen LogP contribution < -0.4 is 0 Å². The fourth-order valence-corrected chi connectivity index (χ4v) is 5.42. The summed E-state index contributed by atoms with van der Waals surface area (Å²) < 4.78 is 80.8. The van der Waals surface area contributed by atoms with Crippen LogP contribution in [0.3, 0.4) is 0 Å². The van der Waals surface area contributed by atoms with Gasteiger partial charge in [-0.25, -0.2) is 13.2 Å². The van der Waals surface area contributed by atoms with E-state index in [9.17, 15) is 22.0 Å². The maximum Gasteiger partial charge on any atom is 0.409 e. The van der Waals surface area contributed by atoms with Gasteiger partial charge >= 0.3 is 6.18 Å². The lowest BCUT2D eigenvalue weighted by Gasteiger charge is -2.29. The lowest BCUT2D eigenvalue weighted by atomic mass is 9.77. The number of halogens is 6. The van der Waals surface area contributed by atoms with Gasteiger partial charge in [0.2, 0.25) is 0 Å². The van der Waals surface area contributed by atoms with Crippen molar-refractivity contribution in [2.45, 2.75) is 70.4 Å². The number of allylic oxidation sites excluding steroid dienone is 1.